The molecule has 3 aromatic carbocycles. The summed E-state index contributed by atoms with van der Waals surface area (Å²) in [6, 6.07) is 17.9. The smallest absolute Gasteiger partial charge is 0.343 e. The number of amides is 3. The van der Waals surface area contributed by atoms with Crippen LogP contribution in [0.3, 0.4) is 0 Å². The van der Waals surface area contributed by atoms with Crippen LogP contribution >= 0.6 is 11.8 Å². The van der Waals surface area contributed by atoms with Gasteiger partial charge in [0.25, 0.3) is 11.1 Å². The first-order valence-electron chi connectivity index (χ1n) is 11.8. The van der Waals surface area contributed by atoms with E-state index in [1.54, 1.807) is 72.8 Å². The first-order valence-corrected chi connectivity index (χ1v) is 12.6. The summed E-state index contributed by atoms with van der Waals surface area (Å²) in [4.78, 5) is 51.3. The molecule has 0 spiro atoms. The molecule has 0 aliphatic carbocycles. The van der Waals surface area contributed by atoms with Crippen molar-refractivity contribution in [1.29, 1.82) is 0 Å². The van der Waals surface area contributed by atoms with Crippen LogP contribution in [0, 0.1) is 0 Å². The van der Waals surface area contributed by atoms with Crippen molar-refractivity contribution in [2.45, 2.75) is 0 Å². The van der Waals surface area contributed by atoms with Crippen molar-refractivity contribution in [2.75, 3.05) is 32.2 Å². The molecule has 1 saturated heterocycles. The van der Waals surface area contributed by atoms with Crippen LogP contribution in [0.2, 0.25) is 0 Å². The Kier molecular flexibility index (Phi) is 7.50. The molecule has 10 nitrogen and oxygen atoms in total. The molecule has 39 heavy (non-hydrogen) atoms. The minimum absolute atomic E-state index is 0.176. The predicted molar refractivity (Wildman–Crippen MR) is 143 cm³/mol. The van der Waals surface area contributed by atoms with E-state index >= 15 is 0 Å². The number of nitrogens with one attached hydrogen (secondary N) is 1. The second kappa shape index (κ2) is 11.3. The Morgan fingerprint density at radius 1 is 0.949 bits per heavy atom. The second-order valence-corrected chi connectivity index (χ2v) is 9.35. The topological polar surface area (TPSA) is 120 Å². The molecule has 2 heterocycles. The van der Waals surface area contributed by atoms with E-state index in [9.17, 15) is 19.2 Å². The number of anilines is 1. The largest absolute Gasteiger partial charge is 0.497 e. The fraction of sp³-hybridized carbons (Fsp3) is 0.143. The second-order valence-electron chi connectivity index (χ2n) is 8.36. The van der Waals surface area contributed by atoms with Crippen molar-refractivity contribution >= 4 is 46.5 Å². The molecule has 0 radical (unpaired) electrons. The first-order chi connectivity index (χ1) is 18.9. The zero-order valence-electron chi connectivity index (χ0n) is 20.7. The maximum absolute atomic E-state index is 12.8. The third-order valence-corrected chi connectivity index (χ3v) is 6.62. The maximum Gasteiger partial charge on any atom is 0.343 e. The van der Waals surface area contributed by atoms with E-state index in [1.807, 2.05) is 0 Å². The fourth-order valence-corrected chi connectivity index (χ4v) is 4.62. The van der Waals surface area contributed by atoms with E-state index in [1.165, 1.54) is 7.11 Å². The number of imide groups is 1. The number of fused-ring (bicyclic) bond motifs is 1. The Hall–Kier alpha value is -4.77. The molecule has 2 aliphatic heterocycles. The molecule has 1 fully saturated rings. The van der Waals surface area contributed by atoms with Gasteiger partial charge in [0, 0.05) is 11.8 Å². The lowest BCUT2D eigenvalue weighted by atomic mass is 10.2. The number of carbonyl (C=O) groups excluding carboxylic acids is 4. The first kappa shape index (κ1) is 25.9. The van der Waals surface area contributed by atoms with Gasteiger partial charge < -0.3 is 24.3 Å². The summed E-state index contributed by atoms with van der Waals surface area (Å²) >= 11 is 0.745. The number of hydrogen-bond acceptors (Lipinski definition) is 9. The van der Waals surface area contributed by atoms with E-state index in [0.717, 1.165) is 16.7 Å². The van der Waals surface area contributed by atoms with Gasteiger partial charge in [-0.25, -0.2) is 4.79 Å². The van der Waals surface area contributed by atoms with Crippen molar-refractivity contribution in [3.05, 3.63) is 82.8 Å². The van der Waals surface area contributed by atoms with Crippen LogP contribution in [-0.4, -0.2) is 54.8 Å². The van der Waals surface area contributed by atoms with Gasteiger partial charge in [-0.05, 0) is 71.9 Å². The summed E-state index contributed by atoms with van der Waals surface area (Å²) in [5.41, 5.74) is 1.44. The predicted octanol–water partition coefficient (Wildman–Crippen LogP) is 4.36. The molecule has 2 aliphatic rings. The maximum atomic E-state index is 12.8. The third kappa shape index (κ3) is 6.04. The van der Waals surface area contributed by atoms with Gasteiger partial charge in [0.1, 0.15) is 31.3 Å². The Labute approximate surface area is 227 Å². The third-order valence-electron chi connectivity index (χ3n) is 5.72. The molecule has 3 amide bonds. The highest BCUT2D eigenvalue weighted by molar-refractivity contribution is 8.18. The summed E-state index contributed by atoms with van der Waals surface area (Å²) in [5, 5.41) is 2.12. The monoisotopic (exact) mass is 546 g/mol. The lowest BCUT2D eigenvalue weighted by Crippen LogP contribution is -2.36. The number of carbonyl (C=O) groups is 4. The van der Waals surface area contributed by atoms with E-state index in [-0.39, 0.29) is 4.91 Å². The van der Waals surface area contributed by atoms with Gasteiger partial charge in [-0.2, -0.15) is 0 Å². The Morgan fingerprint density at radius 3 is 2.36 bits per heavy atom. The van der Waals surface area contributed by atoms with Crippen LogP contribution in [0.1, 0.15) is 15.9 Å². The lowest BCUT2D eigenvalue weighted by molar-refractivity contribution is -0.127. The highest BCUT2D eigenvalue weighted by Crippen LogP contribution is 2.34. The Balaban J connectivity index is 1.18. The van der Waals surface area contributed by atoms with Gasteiger partial charge in [-0.15, -0.1) is 0 Å². The number of nitrogens with zero attached hydrogens (tertiary/aromatic N) is 1. The normalized spacial score (nSPS) is 15.3. The number of rotatable bonds is 7. The summed E-state index contributed by atoms with van der Waals surface area (Å²) < 4.78 is 21.4. The molecule has 0 atom stereocenters. The van der Waals surface area contributed by atoms with Crippen molar-refractivity contribution in [2.24, 2.45) is 0 Å². The lowest BCUT2D eigenvalue weighted by Gasteiger charge is -2.19. The van der Waals surface area contributed by atoms with E-state index in [0.29, 0.717) is 53.0 Å². The van der Waals surface area contributed by atoms with Crippen LogP contribution in [-0.2, 0) is 9.59 Å². The average Bonchev–Trinajstić information content (AvgIpc) is 3.21. The standard InChI is InChI=1S/C28H22N2O8S/c1-35-20-9-4-18(5-10-20)27(33)38-21-7-2-17(3-8-21)14-24-26(32)30(28(34)39-24)16-25(31)29-19-6-11-22-23(15-19)37-13-12-36-22/h2-11,14-15H,12-13,16H2,1H3,(H,29,31)/b24-14+. The number of ether oxygens (including phenoxy) is 4. The molecule has 11 heteroatoms. The molecule has 5 rings (SSSR count). The van der Waals surface area contributed by atoms with Gasteiger partial charge in [0.2, 0.25) is 5.91 Å². The van der Waals surface area contributed by atoms with Crippen LogP contribution in [0.25, 0.3) is 6.08 Å². The van der Waals surface area contributed by atoms with E-state index in [4.69, 9.17) is 18.9 Å². The number of esters is 1. The quantitative estimate of drug-likeness (QED) is 0.262. The summed E-state index contributed by atoms with van der Waals surface area (Å²) in [5.74, 6) is 0.405. The molecule has 1 N–H and O–H groups in total. The van der Waals surface area contributed by atoms with Crippen LogP contribution < -0.4 is 24.3 Å². The van der Waals surface area contributed by atoms with Gasteiger partial charge in [0.05, 0.1) is 17.6 Å². The Morgan fingerprint density at radius 2 is 1.64 bits per heavy atom. The molecule has 3 aromatic rings. The number of methoxy groups -OCH3 is 1. The summed E-state index contributed by atoms with van der Waals surface area (Å²) in [7, 11) is 1.54. The van der Waals surface area contributed by atoms with Crippen molar-refractivity contribution in [1.82, 2.24) is 4.90 Å². The minimum Gasteiger partial charge on any atom is -0.497 e. The van der Waals surface area contributed by atoms with Crippen LogP contribution in [0.5, 0.6) is 23.0 Å². The fourth-order valence-electron chi connectivity index (χ4n) is 3.78. The molecule has 0 bridgehead atoms. The van der Waals surface area contributed by atoms with Gasteiger partial charge in [0.15, 0.2) is 11.5 Å². The average molecular weight is 547 g/mol. The van der Waals surface area contributed by atoms with Crippen molar-refractivity contribution in [3.8, 4) is 23.0 Å². The zero-order valence-corrected chi connectivity index (χ0v) is 21.5. The zero-order chi connectivity index (χ0) is 27.4. The number of benzene rings is 3. The van der Waals surface area contributed by atoms with Crippen LogP contribution in [0.15, 0.2) is 71.6 Å². The molecule has 198 valence electrons. The van der Waals surface area contributed by atoms with Gasteiger partial charge in [-0.1, -0.05) is 12.1 Å². The molecule has 0 saturated carbocycles. The summed E-state index contributed by atoms with van der Waals surface area (Å²) in [6.45, 7) is 0.426. The van der Waals surface area contributed by atoms with Crippen molar-refractivity contribution < 1.29 is 38.1 Å². The van der Waals surface area contributed by atoms with Gasteiger partial charge in [-0.3, -0.25) is 19.3 Å². The molecular formula is C28H22N2O8S. The van der Waals surface area contributed by atoms with E-state index in [2.05, 4.69) is 5.32 Å². The number of hydrogen-bond donors (Lipinski definition) is 1. The molecular weight excluding hydrogens is 524 g/mol. The highest BCUT2D eigenvalue weighted by Gasteiger charge is 2.36. The Bertz CT molecular complexity index is 1470. The molecule has 0 aromatic heterocycles. The minimum atomic E-state index is -0.572. The van der Waals surface area contributed by atoms with Gasteiger partial charge >= 0.3 is 5.97 Å². The summed E-state index contributed by atoms with van der Waals surface area (Å²) in [6.07, 6.45) is 1.54. The SMILES string of the molecule is COc1ccc(C(=O)Oc2ccc(/C=C3/SC(=O)N(CC(=O)Nc4ccc5c(c4)OCCO5)C3=O)cc2)cc1. The number of thioether (sulfide) groups is 1. The van der Waals surface area contributed by atoms with Crippen molar-refractivity contribution in [3.63, 3.8) is 0 Å². The van der Waals surface area contributed by atoms with Crippen LogP contribution in [0.4, 0.5) is 10.5 Å². The van der Waals surface area contributed by atoms with E-state index < -0.39 is 29.6 Å². The molecule has 0 unspecified atom stereocenters. The highest BCUT2D eigenvalue weighted by atomic mass is 32.2.